The summed E-state index contributed by atoms with van der Waals surface area (Å²) in [6.07, 6.45) is -5.17. The highest BCUT2D eigenvalue weighted by Gasteiger charge is 2.62. The van der Waals surface area contributed by atoms with Gasteiger partial charge in [0.15, 0.2) is 4.60 Å². The third-order valence-corrected chi connectivity index (χ3v) is 2.48. The molecule has 0 saturated carbocycles. The number of aliphatic carboxylic acids is 1. The predicted molar refractivity (Wildman–Crippen MR) is 48.3 cm³/mol. The minimum atomic E-state index is -5.17. The van der Waals surface area contributed by atoms with Gasteiger partial charge in [0.25, 0.3) is 5.54 Å². The zero-order chi connectivity index (χ0) is 12.7. The van der Waals surface area contributed by atoms with E-state index in [4.69, 9.17) is 10.8 Å². The van der Waals surface area contributed by atoms with Gasteiger partial charge in [0.05, 0.1) is 0 Å². The topological polar surface area (TPSA) is 94.0 Å². The number of carboxylic acid groups (broad SMARTS) is 1. The van der Waals surface area contributed by atoms with Gasteiger partial charge >= 0.3 is 12.1 Å². The van der Waals surface area contributed by atoms with Crippen molar-refractivity contribution in [2.75, 3.05) is 0 Å². The molecule has 1 unspecified atom stereocenters. The molecule has 0 fully saturated rings. The Bertz CT molecular complexity index is 412. The molecular formula is C6H6BrF3N4O2. The van der Waals surface area contributed by atoms with Gasteiger partial charge in [0.1, 0.15) is 5.69 Å². The van der Waals surface area contributed by atoms with Crippen LogP contribution >= 0.6 is 15.9 Å². The molecule has 0 amide bonds. The smallest absolute Gasteiger partial charge is 0.423 e. The summed E-state index contributed by atoms with van der Waals surface area (Å²) in [7, 11) is 1.11. The normalized spacial score (nSPS) is 15.9. The lowest BCUT2D eigenvalue weighted by molar-refractivity contribution is -0.206. The number of aryl methyl sites for hydroxylation is 1. The first-order chi connectivity index (χ1) is 7.12. The highest BCUT2D eigenvalue weighted by atomic mass is 79.9. The fourth-order valence-corrected chi connectivity index (χ4v) is 1.75. The Hall–Kier alpha value is -1.16. The molecule has 0 aliphatic carbocycles. The number of nitrogens with two attached hydrogens (primary N) is 1. The minimum Gasteiger partial charge on any atom is -0.479 e. The lowest BCUT2D eigenvalue weighted by Gasteiger charge is -2.27. The van der Waals surface area contributed by atoms with Gasteiger partial charge in [0, 0.05) is 7.05 Å². The van der Waals surface area contributed by atoms with E-state index in [1.54, 1.807) is 0 Å². The zero-order valence-corrected chi connectivity index (χ0v) is 9.37. The van der Waals surface area contributed by atoms with E-state index < -0.39 is 23.4 Å². The molecule has 0 radical (unpaired) electrons. The average Bonchev–Trinajstić information content (AvgIpc) is 2.43. The van der Waals surface area contributed by atoms with Crippen LogP contribution in [0.2, 0.25) is 0 Å². The summed E-state index contributed by atoms with van der Waals surface area (Å²) in [4.78, 5) is 10.7. The van der Waals surface area contributed by atoms with Crippen LogP contribution in [0.3, 0.4) is 0 Å². The third-order valence-electron chi connectivity index (χ3n) is 1.94. The summed E-state index contributed by atoms with van der Waals surface area (Å²) >= 11 is 2.68. The van der Waals surface area contributed by atoms with Crippen molar-refractivity contribution in [1.82, 2.24) is 15.0 Å². The van der Waals surface area contributed by atoms with Crippen molar-refractivity contribution in [1.29, 1.82) is 0 Å². The van der Waals surface area contributed by atoms with E-state index in [0.29, 0.717) is 4.68 Å². The van der Waals surface area contributed by atoms with Gasteiger partial charge in [0.2, 0.25) is 0 Å². The van der Waals surface area contributed by atoms with E-state index in [-0.39, 0.29) is 4.60 Å². The molecule has 1 aromatic rings. The average molecular weight is 303 g/mol. The maximum Gasteiger partial charge on any atom is 0.423 e. The van der Waals surface area contributed by atoms with Gasteiger partial charge in [-0.1, -0.05) is 5.21 Å². The Morgan fingerprint density at radius 3 is 2.31 bits per heavy atom. The van der Waals surface area contributed by atoms with Crippen LogP contribution in [0.4, 0.5) is 13.2 Å². The number of carboxylic acids is 1. The lowest BCUT2D eigenvalue weighted by Crippen LogP contribution is -2.57. The van der Waals surface area contributed by atoms with Gasteiger partial charge in [-0.05, 0) is 15.9 Å². The first-order valence-electron chi connectivity index (χ1n) is 3.77. The fraction of sp³-hybridized carbons (Fsp3) is 0.500. The molecule has 0 bridgehead atoms. The van der Waals surface area contributed by atoms with E-state index >= 15 is 0 Å². The second kappa shape index (κ2) is 3.70. The molecule has 1 aromatic heterocycles. The van der Waals surface area contributed by atoms with E-state index in [1.807, 2.05) is 0 Å². The van der Waals surface area contributed by atoms with Gasteiger partial charge in [-0.15, -0.1) is 5.10 Å². The molecule has 1 heterocycles. The van der Waals surface area contributed by atoms with Crippen molar-refractivity contribution >= 4 is 21.9 Å². The number of hydrogen-bond donors (Lipinski definition) is 2. The molecule has 3 N–H and O–H groups in total. The SMILES string of the molecule is Cn1nnc(Br)c1C(N)(C(=O)O)C(F)(F)F. The van der Waals surface area contributed by atoms with E-state index in [9.17, 15) is 18.0 Å². The van der Waals surface area contributed by atoms with E-state index in [2.05, 4.69) is 26.2 Å². The number of rotatable bonds is 2. The molecule has 1 atom stereocenters. The predicted octanol–water partition coefficient (Wildman–Crippen LogP) is 0.378. The zero-order valence-electron chi connectivity index (χ0n) is 7.79. The van der Waals surface area contributed by atoms with Crippen molar-refractivity contribution in [3.05, 3.63) is 10.3 Å². The number of carbonyl (C=O) groups is 1. The van der Waals surface area contributed by atoms with Crippen molar-refractivity contribution in [2.45, 2.75) is 11.7 Å². The molecule has 6 nitrogen and oxygen atoms in total. The highest BCUT2D eigenvalue weighted by Crippen LogP contribution is 2.39. The summed E-state index contributed by atoms with van der Waals surface area (Å²) in [5, 5.41) is 15.2. The Balaban J connectivity index is 3.52. The minimum absolute atomic E-state index is 0.364. The van der Waals surface area contributed by atoms with Gasteiger partial charge in [-0.25, -0.2) is 9.48 Å². The third kappa shape index (κ3) is 1.67. The summed E-state index contributed by atoms with van der Waals surface area (Å²) in [6.45, 7) is 0. The van der Waals surface area contributed by atoms with Crippen LogP contribution in [-0.2, 0) is 17.4 Å². The molecule has 0 spiro atoms. The summed E-state index contributed by atoms with van der Waals surface area (Å²) < 4.78 is 38.3. The molecule has 10 heteroatoms. The maximum atomic E-state index is 12.7. The second-order valence-electron chi connectivity index (χ2n) is 2.96. The number of hydrogen-bond acceptors (Lipinski definition) is 4. The van der Waals surface area contributed by atoms with E-state index in [1.165, 1.54) is 0 Å². The van der Waals surface area contributed by atoms with E-state index in [0.717, 1.165) is 7.05 Å². The Kier molecular flexibility index (Phi) is 2.98. The molecule has 0 aromatic carbocycles. The molecule has 0 saturated heterocycles. The van der Waals surface area contributed by atoms with Gasteiger partial charge in [-0.3, -0.25) is 0 Å². The Morgan fingerprint density at radius 1 is 1.56 bits per heavy atom. The molecule has 1 rings (SSSR count). The van der Waals surface area contributed by atoms with Crippen LogP contribution in [0, 0.1) is 0 Å². The van der Waals surface area contributed by atoms with Crippen LogP contribution in [0.25, 0.3) is 0 Å². The first-order valence-corrected chi connectivity index (χ1v) is 4.56. The molecule has 90 valence electrons. The van der Waals surface area contributed by atoms with Gasteiger partial charge in [-0.2, -0.15) is 13.2 Å². The Morgan fingerprint density at radius 2 is 2.06 bits per heavy atom. The Labute approximate surface area is 95.3 Å². The number of alkyl halides is 3. The summed E-state index contributed by atoms with van der Waals surface area (Å²) in [6, 6.07) is 0. The van der Waals surface area contributed by atoms with Crippen LogP contribution in [0.15, 0.2) is 4.60 Å². The number of nitrogens with zero attached hydrogens (tertiary/aromatic N) is 3. The largest absolute Gasteiger partial charge is 0.479 e. The maximum absolute atomic E-state index is 12.7. The second-order valence-corrected chi connectivity index (χ2v) is 3.71. The molecule has 0 aliphatic rings. The molecular weight excluding hydrogens is 297 g/mol. The number of halogens is 4. The van der Waals surface area contributed by atoms with Gasteiger partial charge < -0.3 is 10.8 Å². The lowest BCUT2D eigenvalue weighted by atomic mass is 9.96. The standard InChI is InChI=1S/C6H6BrF3N4O2/c1-14-2(3(7)12-13-14)5(11,4(15)16)6(8,9)10/h11H2,1H3,(H,15,16). The van der Waals surface area contributed by atoms with Crippen LogP contribution < -0.4 is 5.73 Å². The molecule has 0 aliphatic heterocycles. The van der Waals surface area contributed by atoms with Crippen molar-refractivity contribution in [2.24, 2.45) is 12.8 Å². The highest BCUT2D eigenvalue weighted by molar-refractivity contribution is 9.10. The van der Waals surface area contributed by atoms with Crippen LogP contribution in [0.1, 0.15) is 5.69 Å². The summed E-state index contributed by atoms with van der Waals surface area (Å²) in [5.74, 6) is -2.23. The summed E-state index contributed by atoms with van der Waals surface area (Å²) in [5.41, 5.74) is 0.608. The monoisotopic (exact) mass is 302 g/mol. The molecule has 16 heavy (non-hydrogen) atoms. The first kappa shape index (κ1) is 12.9. The quantitative estimate of drug-likeness (QED) is 0.823. The van der Waals surface area contributed by atoms with Crippen LogP contribution in [0.5, 0.6) is 0 Å². The van der Waals surface area contributed by atoms with Crippen molar-refractivity contribution in [3.8, 4) is 0 Å². The van der Waals surface area contributed by atoms with Crippen molar-refractivity contribution in [3.63, 3.8) is 0 Å². The van der Waals surface area contributed by atoms with Crippen LogP contribution in [-0.4, -0.2) is 32.2 Å². The number of aromatic nitrogens is 3. The van der Waals surface area contributed by atoms with Crippen molar-refractivity contribution < 1.29 is 23.1 Å². The fourth-order valence-electron chi connectivity index (χ4n) is 1.11.